The average Bonchev–Trinajstić information content (AvgIpc) is 2.05. The number of hydrogen-bond donors (Lipinski definition) is 0. The molecule has 0 aliphatic carbocycles. The molecular formula is C5H13O2PS3. The zero-order chi connectivity index (χ0) is 8.74. The van der Waals surface area contributed by atoms with Gasteiger partial charge in [-0.3, -0.25) is 0 Å². The Morgan fingerprint density at radius 1 is 1.27 bits per heavy atom. The standard InChI is InChI=1S/C5H13O2PS3/c1-6-8(9,7-2)11-5-4-10-3/h4-5H2,1-3H3. The van der Waals surface area contributed by atoms with Crippen molar-refractivity contribution in [2.75, 3.05) is 32.0 Å². The van der Waals surface area contributed by atoms with E-state index in [9.17, 15) is 0 Å². The van der Waals surface area contributed by atoms with Gasteiger partial charge in [0, 0.05) is 25.7 Å². The molecule has 0 bridgehead atoms. The van der Waals surface area contributed by atoms with Crippen LogP contribution in [0.25, 0.3) is 0 Å². The van der Waals surface area contributed by atoms with Crippen molar-refractivity contribution in [2.45, 2.75) is 0 Å². The molecule has 0 saturated carbocycles. The van der Waals surface area contributed by atoms with Crippen LogP contribution in [0, 0.1) is 0 Å². The van der Waals surface area contributed by atoms with Crippen molar-refractivity contribution in [3.8, 4) is 0 Å². The summed E-state index contributed by atoms with van der Waals surface area (Å²) in [7, 11) is 3.22. The van der Waals surface area contributed by atoms with E-state index in [-0.39, 0.29) is 0 Å². The molecule has 0 aromatic rings. The van der Waals surface area contributed by atoms with E-state index in [1.807, 2.05) is 0 Å². The smallest absolute Gasteiger partial charge is 0.246 e. The first-order chi connectivity index (χ1) is 5.18. The fourth-order valence-electron chi connectivity index (χ4n) is 0.412. The molecule has 0 aromatic heterocycles. The topological polar surface area (TPSA) is 18.5 Å². The van der Waals surface area contributed by atoms with E-state index in [0.29, 0.717) is 0 Å². The summed E-state index contributed by atoms with van der Waals surface area (Å²) < 4.78 is 10.2. The van der Waals surface area contributed by atoms with Crippen molar-refractivity contribution in [1.82, 2.24) is 0 Å². The van der Waals surface area contributed by atoms with Crippen molar-refractivity contribution in [1.29, 1.82) is 0 Å². The molecule has 0 aliphatic rings. The molecule has 11 heavy (non-hydrogen) atoms. The fraction of sp³-hybridized carbons (Fsp3) is 1.00. The monoisotopic (exact) mass is 232 g/mol. The molecule has 0 unspecified atom stereocenters. The quantitative estimate of drug-likeness (QED) is 0.516. The van der Waals surface area contributed by atoms with Crippen molar-refractivity contribution in [2.24, 2.45) is 0 Å². The fourth-order valence-corrected chi connectivity index (χ4v) is 4.61. The zero-order valence-electron chi connectivity index (χ0n) is 6.90. The highest BCUT2D eigenvalue weighted by molar-refractivity contribution is 8.67. The summed E-state index contributed by atoms with van der Waals surface area (Å²) in [4.78, 5) is 0. The van der Waals surface area contributed by atoms with Gasteiger partial charge in [0.05, 0.1) is 0 Å². The molecule has 0 saturated heterocycles. The van der Waals surface area contributed by atoms with Gasteiger partial charge in [-0.15, -0.1) is 0 Å². The Balaban J connectivity index is 3.61. The molecule has 0 amide bonds. The van der Waals surface area contributed by atoms with Gasteiger partial charge >= 0.3 is 0 Å². The third-order valence-corrected chi connectivity index (χ3v) is 7.69. The molecule has 0 spiro atoms. The third kappa shape index (κ3) is 5.50. The van der Waals surface area contributed by atoms with Crippen LogP contribution in [0.4, 0.5) is 0 Å². The Morgan fingerprint density at radius 3 is 2.18 bits per heavy atom. The normalized spacial score (nSPS) is 11.9. The van der Waals surface area contributed by atoms with Gasteiger partial charge in [0.15, 0.2) is 0 Å². The predicted octanol–water partition coefficient (Wildman–Crippen LogP) is 2.60. The highest BCUT2D eigenvalue weighted by atomic mass is 32.9. The Kier molecular flexibility index (Phi) is 7.53. The molecule has 0 atom stereocenters. The zero-order valence-corrected chi connectivity index (χ0v) is 10.2. The lowest BCUT2D eigenvalue weighted by Gasteiger charge is -2.15. The summed E-state index contributed by atoms with van der Waals surface area (Å²) in [6.45, 7) is 0. The lowest BCUT2D eigenvalue weighted by Crippen LogP contribution is -1.87. The summed E-state index contributed by atoms with van der Waals surface area (Å²) in [6.07, 6.45) is 2.07. The molecule has 0 aromatic carbocycles. The molecule has 68 valence electrons. The molecule has 0 fully saturated rings. The van der Waals surface area contributed by atoms with Crippen LogP contribution in [0.3, 0.4) is 0 Å². The van der Waals surface area contributed by atoms with Gasteiger partial charge in [-0.1, -0.05) is 11.4 Å². The van der Waals surface area contributed by atoms with Crippen LogP contribution >= 0.6 is 28.8 Å². The molecule has 0 radical (unpaired) electrons. The molecule has 0 rings (SSSR count). The molecule has 0 aliphatic heterocycles. The maximum absolute atomic E-state index is 5.14. The van der Waals surface area contributed by atoms with Gasteiger partial charge < -0.3 is 9.05 Å². The highest BCUT2D eigenvalue weighted by Crippen LogP contribution is 2.59. The Morgan fingerprint density at radius 2 is 1.82 bits per heavy atom. The first-order valence-corrected chi connectivity index (χ1v) is 8.66. The van der Waals surface area contributed by atoms with Crippen LogP contribution in [-0.2, 0) is 20.9 Å². The van der Waals surface area contributed by atoms with E-state index in [4.69, 9.17) is 20.9 Å². The van der Waals surface area contributed by atoms with Crippen LogP contribution in [0.15, 0.2) is 0 Å². The van der Waals surface area contributed by atoms with Crippen LogP contribution < -0.4 is 0 Å². The van der Waals surface area contributed by atoms with Gasteiger partial charge in [0.2, 0.25) is 5.69 Å². The predicted molar refractivity (Wildman–Crippen MR) is 59.1 cm³/mol. The lowest BCUT2D eigenvalue weighted by atomic mass is 11.0. The number of rotatable bonds is 6. The van der Waals surface area contributed by atoms with Crippen molar-refractivity contribution >= 4 is 40.6 Å². The van der Waals surface area contributed by atoms with Gasteiger partial charge in [-0.2, -0.15) is 11.8 Å². The Hall–Kier alpha value is 1.27. The van der Waals surface area contributed by atoms with E-state index in [0.717, 1.165) is 11.5 Å². The van der Waals surface area contributed by atoms with Crippen LogP contribution in [0.1, 0.15) is 0 Å². The molecule has 0 heterocycles. The van der Waals surface area contributed by atoms with E-state index in [1.54, 1.807) is 37.4 Å². The minimum atomic E-state index is -1.97. The minimum Gasteiger partial charge on any atom is -0.325 e. The van der Waals surface area contributed by atoms with E-state index >= 15 is 0 Å². The second kappa shape index (κ2) is 6.75. The second-order valence-corrected chi connectivity index (χ2v) is 9.27. The van der Waals surface area contributed by atoms with Gasteiger partial charge in [0.1, 0.15) is 0 Å². The van der Waals surface area contributed by atoms with E-state index in [2.05, 4.69) is 6.26 Å². The van der Waals surface area contributed by atoms with Crippen LogP contribution in [0.2, 0.25) is 0 Å². The van der Waals surface area contributed by atoms with Crippen molar-refractivity contribution in [3.63, 3.8) is 0 Å². The third-order valence-electron chi connectivity index (χ3n) is 0.984. The minimum absolute atomic E-state index is 1.00. The Labute approximate surface area is 81.7 Å². The summed E-state index contributed by atoms with van der Waals surface area (Å²) in [6, 6.07) is 0. The average molecular weight is 232 g/mol. The maximum Gasteiger partial charge on any atom is 0.246 e. The Bertz CT molecular complexity index is 134. The second-order valence-electron chi connectivity index (χ2n) is 1.64. The first kappa shape index (κ1) is 12.3. The molecule has 6 heteroatoms. The van der Waals surface area contributed by atoms with Gasteiger partial charge in [0.25, 0.3) is 0 Å². The van der Waals surface area contributed by atoms with Crippen molar-refractivity contribution in [3.05, 3.63) is 0 Å². The largest absolute Gasteiger partial charge is 0.325 e. The molecule has 0 N–H and O–H groups in total. The van der Waals surface area contributed by atoms with E-state index < -0.39 is 5.69 Å². The SMILES string of the molecule is COP(=S)(OC)SCCSC. The summed E-state index contributed by atoms with van der Waals surface area (Å²) in [5, 5.41) is 0. The molecular weight excluding hydrogens is 219 g/mol. The number of hydrogen-bond acceptors (Lipinski definition) is 5. The van der Waals surface area contributed by atoms with E-state index in [1.165, 1.54) is 0 Å². The highest BCUT2D eigenvalue weighted by Gasteiger charge is 2.14. The van der Waals surface area contributed by atoms with Crippen LogP contribution in [-0.4, -0.2) is 32.0 Å². The number of thioether (sulfide) groups is 1. The summed E-state index contributed by atoms with van der Waals surface area (Å²) >= 11 is 8.55. The van der Waals surface area contributed by atoms with Gasteiger partial charge in [-0.05, 0) is 18.1 Å². The summed E-state index contributed by atoms with van der Waals surface area (Å²) in [5.41, 5.74) is -1.97. The lowest BCUT2D eigenvalue weighted by molar-refractivity contribution is 0.354. The van der Waals surface area contributed by atoms with Gasteiger partial charge in [-0.25, -0.2) is 0 Å². The molecule has 2 nitrogen and oxygen atoms in total. The van der Waals surface area contributed by atoms with Crippen LogP contribution in [0.5, 0.6) is 0 Å². The maximum atomic E-state index is 5.14. The summed E-state index contributed by atoms with van der Waals surface area (Å²) in [5.74, 6) is 2.09. The van der Waals surface area contributed by atoms with Crippen molar-refractivity contribution < 1.29 is 9.05 Å². The first-order valence-electron chi connectivity index (χ1n) is 3.03.